The van der Waals surface area contributed by atoms with E-state index in [0.717, 1.165) is 25.7 Å². The number of hydrogen-bond acceptors (Lipinski definition) is 5. The molecule has 0 bridgehead atoms. The van der Waals surface area contributed by atoms with Gasteiger partial charge in [0.1, 0.15) is 11.8 Å². The number of fused-ring (bicyclic) bond motifs is 1. The third-order valence-corrected chi connectivity index (χ3v) is 3.79. The molecular formula is C12H15ClN6O. The van der Waals surface area contributed by atoms with Gasteiger partial charge in [0.15, 0.2) is 10.8 Å². The van der Waals surface area contributed by atoms with Crippen LogP contribution in [0.4, 0.5) is 10.7 Å². The largest absolute Gasteiger partial charge is 0.368 e. The summed E-state index contributed by atoms with van der Waals surface area (Å²) < 4.78 is 1.33. The zero-order valence-corrected chi connectivity index (χ0v) is 11.6. The summed E-state index contributed by atoms with van der Waals surface area (Å²) in [5.74, 6) is 0.0229. The van der Waals surface area contributed by atoms with Gasteiger partial charge in [-0.1, -0.05) is 30.9 Å². The van der Waals surface area contributed by atoms with Crippen LogP contribution in [0.25, 0.3) is 11.2 Å². The molecule has 7 nitrogen and oxygen atoms in total. The second-order valence-corrected chi connectivity index (χ2v) is 5.30. The number of anilines is 1. The quantitative estimate of drug-likeness (QED) is 0.783. The van der Waals surface area contributed by atoms with Crippen molar-refractivity contribution < 1.29 is 4.79 Å². The first-order valence-corrected chi connectivity index (χ1v) is 7.00. The van der Waals surface area contributed by atoms with E-state index in [2.05, 4.69) is 20.3 Å². The average molecular weight is 295 g/mol. The highest BCUT2D eigenvalue weighted by molar-refractivity contribution is 6.33. The number of imidazole rings is 1. The average Bonchev–Trinajstić information content (AvgIpc) is 2.84. The first-order chi connectivity index (χ1) is 9.65. The normalized spacial score (nSPS) is 16.4. The van der Waals surface area contributed by atoms with Gasteiger partial charge in [0.05, 0.1) is 0 Å². The molecule has 1 fully saturated rings. The highest BCUT2D eigenvalue weighted by Crippen LogP contribution is 2.20. The molecule has 0 saturated heterocycles. The summed E-state index contributed by atoms with van der Waals surface area (Å²) in [6.45, 7) is 0. The van der Waals surface area contributed by atoms with E-state index in [4.69, 9.17) is 17.3 Å². The van der Waals surface area contributed by atoms with Crippen LogP contribution in [0.2, 0.25) is 5.15 Å². The maximum atomic E-state index is 12.3. The summed E-state index contributed by atoms with van der Waals surface area (Å²) in [5, 5.41) is 3.14. The molecule has 0 atom stereocenters. The van der Waals surface area contributed by atoms with Gasteiger partial charge in [0, 0.05) is 6.04 Å². The van der Waals surface area contributed by atoms with Crippen LogP contribution in [0, 0.1) is 0 Å². The maximum Gasteiger partial charge on any atom is 0.328 e. The fourth-order valence-electron chi connectivity index (χ4n) is 2.52. The fraction of sp³-hybridized carbons (Fsp3) is 0.500. The topological polar surface area (TPSA) is 98.7 Å². The van der Waals surface area contributed by atoms with Crippen LogP contribution in [-0.2, 0) is 0 Å². The van der Waals surface area contributed by atoms with Crippen LogP contribution in [0.3, 0.4) is 0 Å². The lowest BCUT2D eigenvalue weighted by atomic mass is 9.96. The molecule has 106 valence electrons. The van der Waals surface area contributed by atoms with E-state index in [1.807, 2.05) is 0 Å². The van der Waals surface area contributed by atoms with Crippen molar-refractivity contribution in [1.82, 2.24) is 24.8 Å². The molecule has 0 unspecified atom stereocenters. The van der Waals surface area contributed by atoms with Crippen LogP contribution in [-0.4, -0.2) is 31.6 Å². The minimum Gasteiger partial charge on any atom is -0.368 e. The van der Waals surface area contributed by atoms with Crippen molar-refractivity contribution in [2.75, 3.05) is 5.73 Å². The Bertz CT molecular complexity index is 649. The Kier molecular flexibility index (Phi) is 3.43. The smallest absolute Gasteiger partial charge is 0.328 e. The molecule has 0 aliphatic heterocycles. The number of nitrogens with two attached hydrogens (primary N) is 1. The summed E-state index contributed by atoms with van der Waals surface area (Å²) in [6, 6.07) is -0.0445. The van der Waals surface area contributed by atoms with Crippen molar-refractivity contribution in [2.45, 2.75) is 38.1 Å². The molecule has 8 heteroatoms. The number of halogens is 1. The molecule has 1 aliphatic rings. The Morgan fingerprint density at radius 1 is 1.35 bits per heavy atom. The molecule has 3 rings (SSSR count). The van der Waals surface area contributed by atoms with Gasteiger partial charge in [-0.15, -0.1) is 0 Å². The number of nitrogens with one attached hydrogen (secondary N) is 1. The molecule has 2 aromatic heterocycles. The molecule has 3 N–H and O–H groups in total. The van der Waals surface area contributed by atoms with Gasteiger partial charge in [-0.25, -0.2) is 14.3 Å². The van der Waals surface area contributed by atoms with Gasteiger partial charge in [-0.2, -0.15) is 9.97 Å². The van der Waals surface area contributed by atoms with Gasteiger partial charge in [-0.3, -0.25) is 0 Å². The second kappa shape index (κ2) is 5.24. The Hall–Kier alpha value is -1.89. The van der Waals surface area contributed by atoms with E-state index in [-0.39, 0.29) is 23.2 Å². The zero-order chi connectivity index (χ0) is 14.1. The first kappa shape index (κ1) is 13.1. The van der Waals surface area contributed by atoms with Crippen molar-refractivity contribution >= 4 is 34.7 Å². The van der Waals surface area contributed by atoms with Crippen molar-refractivity contribution in [1.29, 1.82) is 0 Å². The van der Waals surface area contributed by atoms with Gasteiger partial charge in [0.25, 0.3) is 0 Å². The molecule has 2 heterocycles. The van der Waals surface area contributed by atoms with E-state index < -0.39 is 0 Å². The Balaban J connectivity index is 1.87. The lowest BCUT2D eigenvalue weighted by Gasteiger charge is -2.22. The number of nitrogen functional groups attached to an aromatic ring is 1. The van der Waals surface area contributed by atoms with Crippen LogP contribution < -0.4 is 11.1 Å². The number of rotatable bonds is 1. The standard InChI is InChI=1S/C12H15ClN6O/c13-9-8-10(18-11(14)17-9)19(6-15-8)12(20)16-7-4-2-1-3-5-7/h6-7H,1-5H2,(H,16,20)(H2,14,17,18). The lowest BCUT2D eigenvalue weighted by Crippen LogP contribution is -2.38. The van der Waals surface area contributed by atoms with E-state index in [0.29, 0.717) is 11.2 Å². The first-order valence-electron chi connectivity index (χ1n) is 6.62. The summed E-state index contributed by atoms with van der Waals surface area (Å²) >= 11 is 5.93. The lowest BCUT2D eigenvalue weighted by molar-refractivity contribution is 0.235. The SMILES string of the molecule is Nc1nc(Cl)c2ncn(C(=O)NC3CCCCC3)c2n1. The minimum absolute atomic E-state index is 0.0229. The Morgan fingerprint density at radius 3 is 2.85 bits per heavy atom. The second-order valence-electron chi connectivity index (χ2n) is 4.94. The summed E-state index contributed by atoms with van der Waals surface area (Å²) in [6.07, 6.45) is 6.95. The van der Waals surface area contributed by atoms with Crippen molar-refractivity contribution in [3.05, 3.63) is 11.5 Å². The van der Waals surface area contributed by atoms with Crippen LogP contribution in [0.1, 0.15) is 32.1 Å². The van der Waals surface area contributed by atoms with Gasteiger partial charge in [-0.05, 0) is 12.8 Å². The van der Waals surface area contributed by atoms with Gasteiger partial charge >= 0.3 is 6.03 Å². The highest BCUT2D eigenvalue weighted by atomic mass is 35.5. The third kappa shape index (κ3) is 2.40. The highest BCUT2D eigenvalue weighted by Gasteiger charge is 2.19. The van der Waals surface area contributed by atoms with Gasteiger partial charge < -0.3 is 11.1 Å². The molecule has 1 amide bonds. The molecule has 1 aliphatic carbocycles. The predicted molar refractivity (Wildman–Crippen MR) is 75.5 cm³/mol. The number of amides is 1. The van der Waals surface area contributed by atoms with E-state index in [1.54, 1.807) is 0 Å². The van der Waals surface area contributed by atoms with E-state index in [9.17, 15) is 4.79 Å². The number of hydrogen-bond donors (Lipinski definition) is 2. The van der Waals surface area contributed by atoms with Gasteiger partial charge in [0.2, 0.25) is 5.95 Å². The summed E-state index contributed by atoms with van der Waals surface area (Å²) in [5.41, 5.74) is 6.26. The molecule has 2 aromatic rings. The Morgan fingerprint density at radius 2 is 2.10 bits per heavy atom. The number of aromatic nitrogens is 4. The molecule has 0 radical (unpaired) electrons. The van der Waals surface area contributed by atoms with Crippen LogP contribution in [0.5, 0.6) is 0 Å². The molecule has 1 saturated carbocycles. The number of carbonyl (C=O) groups is 1. The molecule has 0 aromatic carbocycles. The van der Waals surface area contributed by atoms with Crippen molar-refractivity contribution in [2.24, 2.45) is 0 Å². The third-order valence-electron chi connectivity index (χ3n) is 3.52. The fourth-order valence-corrected chi connectivity index (χ4v) is 2.74. The van der Waals surface area contributed by atoms with Crippen LogP contribution in [0.15, 0.2) is 6.33 Å². The van der Waals surface area contributed by atoms with Crippen molar-refractivity contribution in [3.63, 3.8) is 0 Å². The summed E-state index contributed by atoms with van der Waals surface area (Å²) in [7, 11) is 0. The zero-order valence-electron chi connectivity index (χ0n) is 10.8. The monoisotopic (exact) mass is 294 g/mol. The number of carbonyl (C=O) groups excluding carboxylic acids is 1. The Labute approximate surface area is 120 Å². The molecule has 0 spiro atoms. The van der Waals surface area contributed by atoms with E-state index >= 15 is 0 Å². The molecular weight excluding hydrogens is 280 g/mol. The minimum atomic E-state index is -0.256. The van der Waals surface area contributed by atoms with Crippen molar-refractivity contribution in [3.8, 4) is 0 Å². The summed E-state index contributed by atoms with van der Waals surface area (Å²) in [4.78, 5) is 24.2. The predicted octanol–water partition coefficient (Wildman–Crippen LogP) is 1.95. The molecule has 20 heavy (non-hydrogen) atoms. The number of nitrogens with zero attached hydrogens (tertiary/aromatic N) is 4. The van der Waals surface area contributed by atoms with E-state index in [1.165, 1.54) is 17.3 Å². The van der Waals surface area contributed by atoms with Crippen LogP contribution >= 0.6 is 11.6 Å². The maximum absolute atomic E-state index is 12.3.